The second kappa shape index (κ2) is 9.83. The van der Waals surface area contributed by atoms with Gasteiger partial charge < -0.3 is 14.9 Å². The van der Waals surface area contributed by atoms with Gasteiger partial charge in [0.15, 0.2) is 0 Å². The SMILES string of the molecule is CCCCCOC(=O)O.Oc1ccccc1. The molecule has 16 heavy (non-hydrogen) atoms. The number of para-hydroxylation sites is 1. The van der Waals surface area contributed by atoms with Crippen LogP contribution in [0.2, 0.25) is 0 Å². The van der Waals surface area contributed by atoms with E-state index in [0.29, 0.717) is 12.4 Å². The van der Waals surface area contributed by atoms with Gasteiger partial charge in [0.25, 0.3) is 0 Å². The molecule has 0 atom stereocenters. The fraction of sp³-hybridized carbons (Fsp3) is 0.417. The van der Waals surface area contributed by atoms with Crippen LogP contribution in [0.4, 0.5) is 4.79 Å². The molecule has 0 bridgehead atoms. The Morgan fingerprint density at radius 1 is 1.25 bits per heavy atom. The molecule has 2 N–H and O–H groups in total. The number of carboxylic acid groups (broad SMARTS) is 1. The molecule has 0 unspecified atom stereocenters. The lowest BCUT2D eigenvalue weighted by Crippen LogP contribution is -2.00. The molecule has 0 heterocycles. The molecular weight excluding hydrogens is 208 g/mol. The molecule has 4 heteroatoms. The maximum Gasteiger partial charge on any atom is 0.505 e. The van der Waals surface area contributed by atoms with E-state index in [4.69, 9.17) is 10.2 Å². The molecule has 1 aromatic rings. The van der Waals surface area contributed by atoms with E-state index in [1.165, 1.54) is 0 Å². The second-order valence-corrected chi connectivity index (χ2v) is 3.16. The lowest BCUT2D eigenvalue weighted by Gasteiger charge is -1.96. The van der Waals surface area contributed by atoms with Crippen LogP contribution in [0.25, 0.3) is 0 Å². The van der Waals surface area contributed by atoms with E-state index in [1.54, 1.807) is 24.3 Å². The average Bonchev–Trinajstić information content (AvgIpc) is 2.26. The molecule has 0 amide bonds. The van der Waals surface area contributed by atoms with Gasteiger partial charge in [0, 0.05) is 0 Å². The van der Waals surface area contributed by atoms with E-state index in [9.17, 15) is 4.79 Å². The summed E-state index contributed by atoms with van der Waals surface area (Å²) >= 11 is 0. The number of phenols is 1. The van der Waals surface area contributed by atoms with Crippen molar-refractivity contribution in [2.75, 3.05) is 6.61 Å². The Labute approximate surface area is 95.5 Å². The first-order valence-electron chi connectivity index (χ1n) is 5.26. The molecule has 0 aliphatic carbocycles. The van der Waals surface area contributed by atoms with Gasteiger partial charge in [-0.2, -0.15) is 0 Å². The zero-order valence-corrected chi connectivity index (χ0v) is 9.43. The van der Waals surface area contributed by atoms with Gasteiger partial charge in [-0.1, -0.05) is 38.0 Å². The van der Waals surface area contributed by atoms with Crippen LogP contribution in [0.15, 0.2) is 30.3 Å². The Bertz CT molecular complexity index is 272. The first-order valence-corrected chi connectivity index (χ1v) is 5.26. The molecule has 0 fully saturated rings. The summed E-state index contributed by atoms with van der Waals surface area (Å²) in [4.78, 5) is 9.74. The zero-order chi connectivity index (χ0) is 12.2. The van der Waals surface area contributed by atoms with Crippen molar-refractivity contribution in [3.05, 3.63) is 30.3 Å². The van der Waals surface area contributed by atoms with Crippen molar-refractivity contribution < 1.29 is 19.7 Å². The van der Waals surface area contributed by atoms with Crippen molar-refractivity contribution in [1.82, 2.24) is 0 Å². The predicted octanol–water partition coefficient (Wildman–Crippen LogP) is 3.26. The first-order chi connectivity index (χ1) is 7.66. The molecule has 0 aliphatic heterocycles. The van der Waals surface area contributed by atoms with Gasteiger partial charge in [-0.25, -0.2) is 4.79 Å². The summed E-state index contributed by atoms with van der Waals surface area (Å²) in [6.45, 7) is 2.39. The maximum absolute atomic E-state index is 9.74. The predicted molar refractivity (Wildman–Crippen MR) is 61.6 cm³/mol. The minimum Gasteiger partial charge on any atom is -0.508 e. The van der Waals surface area contributed by atoms with Gasteiger partial charge in [0.1, 0.15) is 5.75 Å². The molecule has 90 valence electrons. The highest BCUT2D eigenvalue weighted by Crippen LogP contribution is 2.02. The number of hydrogen-bond donors (Lipinski definition) is 2. The molecule has 1 aromatic carbocycles. The van der Waals surface area contributed by atoms with E-state index in [-0.39, 0.29) is 0 Å². The molecule has 0 spiro atoms. The van der Waals surface area contributed by atoms with E-state index >= 15 is 0 Å². The van der Waals surface area contributed by atoms with Crippen molar-refractivity contribution in [2.24, 2.45) is 0 Å². The highest BCUT2D eigenvalue weighted by Gasteiger charge is 1.93. The number of carbonyl (C=O) groups is 1. The average molecular weight is 226 g/mol. The lowest BCUT2D eigenvalue weighted by atomic mass is 10.3. The second-order valence-electron chi connectivity index (χ2n) is 3.16. The number of rotatable bonds is 4. The van der Waals surface area contributed by atoms with Crippen LogP contribution in [0.3, 0.4) is 0 Å². The van der Waals surface area contributed by atoms with E-state index in [2.05, 4.69) is 11.7 Å². The molecule has 1 rings (SSSR count). The van der Waals surface area contributed by atoms with Gasteiger partial charge >= 0.3 is 6.16 Å². The van der Waals surface area contributed by atoms with Crippen LogP contribution in [-0.2, 0) is 4.74 Å². The third-order valence-electron chi connectivity index (χ3n) is 1.73. The van der Waals surface area contributed by atoms with Crippen LogP contribution in [0, 0.1) is 0 Å². The first kappa shape index (κ1) is 14.3. The van der Waals surface area contributed by atoms with Crippen molar-refractivity contribution in [3.8, 4) is 5.75 Å². The van der Waals surface area contributed by atoms with Crippen LogP contribution < -0.4 is 0 Å². The zero-order valence-electron chi connectivity index (χ0n) is 9.43. The fourth-order valence-electron chi connectivity index (χ4n) is 0.940. The van der Waals surface area contributed by atoms with E-state index in [0.717, 1.165) is 19.3 Å². The summed E-state index contributed by atoms with van der Waals surface area (Å²) in [7, 11) is 0. The van der Waals surface area contributed by atoms with Gasteiger partial charge in [-0.15, -0.1) is 0 Å². The normalized spacial score (nSPS) is 8.81. The topological polar surface area (TPSA) is 66.8 Å². The van der Waals surface area contributed by atoms with Crippen molar-refractivity contribution in [2.45, 2.75) is 26.2 Å². The van der Waals surface area contributed by atoms with E-state index in [1.807, 2.05) is 6.07 Å². The summed E-state index contributed by atoms with van der Waals surface area (Å²) in [5.41, 5.74) is 0. The fourth-order valence-corrected chi connectivity index (χ4v) is 0.940. The quantitative estimate of drug-likeness (QED) is 0.610. The van der Waals surface area contributed by atoms with Crippen LogP contribution in [-0.4, -0.2) is 23.0 Å². The standard InChI is InChI=1S/C6H12O3.C6H6O/c1-2-3-4-5-9-6(7)8;7-6-4-2-1-3-5-6/h2-5H2,1H3,(H,7,8);1-5,7H. The maximum atomic E-state index is 9.74. The monoisotopic (exact) mass is 226 g/mol. The Hall–Kier alpha value is -1.71. The summed E-state index contributed by atoms with van der Waals surface area (Å²) in [5.74, 6) is 0.322. The van der Waals surface area contributed by atoms with E-state index < -0.39 is 6.16 Å². The smallest absolute Gasteiger partial charge is 0.505 e. The van der Waals surface area contributed by atoms with Crippen molar-refractivity contribution in [1.29, 1.82) is 0 Å². The Morgan fingerprint density at radius 3 is 2.25 bits per heavy atom. The molecule has 0 radical (unpaired) electrons. The van der Waals surface area contributed by atoms with Gasteiger partial charge in [0.2, 0.25) is 0 Å². The number of benzene rings is 1. The number of ether oxygens (including phenoxy) is 1. The summed E-state index contributed by atoms with van der Waals surface area (Å²) in [6, 6.07) is 8.71. The Morgan fingerprint density at radius 2 is 1.88 bits per heavy atom. The van der Waals surface area contributed by atoms with Crippen LogP contribution >= 0.6 is 0 Å². The Balaban J connectivity index is 0.000000288. The number of phenolic OH excluding ortho intramolecular Hbond substituents is 1. The highest BCUT2D eigenvalue weighted by molar-refractivity contribution is 5.56. The van der Waals surface area contributed by atoms with Gasteiger partial charge in [-0.05, 0) is 18.6 Å². The van der Waals surface area contributed by atoms with Gasteiger partial charge in [-0.3, -0.25) is 0 Å². The largest absolute Gasteiger partial charge is 0.508 e. The molecule has 4 nitrogen and oxygen atoms in total. The van der Waals surface area contributed by atoms with Crippen LogP contribution in [0.1, 0.15) is 26.2 Å². The molecule has 0 saturated heterocycles. The lowest BCUT2D eigenvalue weighted by molar-refractivity contribution is 0.0901. The van der Waals surface area contributed by atoms with Gasteiger partial charge in [0.05, 0.1) is 6.61 Å². The van der Waals surface area contributed by atoms with Crippen molar-refractivity contribution >= 4 is 6.16 Å². The minimum absolute atomic E-state index is 0.322. The van der Waals surface area contributed by atoms with Crippen molar-refractivity contribution in [3.63, 3.8) is 0 Å². The molecule has 0 aromatic heterocycles. The summed E-state index contributed by atoms with van der Waals surface area (Å²) in [5, 5.41) is 16.6. The number of unbranched alkanes of at least 4 members (excludes halogenated alkanes) is 2. The summed E-state index contributed by atoms with van der Waals surface area (Å²) < 4.78 is 4.26. The number of hydrogen-bond acceptors (Lipinski definition) is 3. The molecule has 0 aliphatic rings. The molecular formula is C12H18O4. The summed E-state index contributed by atoms with van der Waals surface area (Å²) in [6.07, 6.45) is 1.78. The Kier molecular flexibility index (Phi) is 8.78. The molecule has 0 saturated carbocycles. The highest BCUT2D eigenvalue weighted by atomic mass is 16.7. The third-order valence-corrected chi connectivity index (χ3v) is 1.73. The minimum atomic E-state index is -1.17. The van der Waals surface area contributed by atoms with Crippen LogP contribution in [0.5, 0.6) is 5.75 Å². The third kappa shape index (κ3) is 10.4. The number of aromatic hydroxyl groups is 1.